The van der Waals surface area contributed by atoms with Gasteiger partial charge in [0.25, 0.3) is 0 Å². The SMILES string of the molecule is Cc1cc(C(C)(C)C)cc(C(C)(C)C)c1Cc1c(C)cc(C(C)(C)C)cc1C(C)(C)C. The molecule has 2 rings (SSSR count). The Bertz CT molecular complexity index is 862. The first-order chi connectivity index (χ1) is 13.7. The van der Waals surface area contributed by atoms with Crippen molar-refractivity contribution in [2.24, 2.45) is 0 Å². The topological polar surface area (TPSA) is 0 Å². The van der Waals surface area contributed by atoms with Gasteiger partial charge in [0, 0.05) is 0 Å². The highest BCUT2D eigenvalue weighted by molar-refractivity contribution is 5.51. The molecule has 0 aromatic heterocycles. The van der Waals surface area contributed by atoms with Gasteiger partial charge in [-0.25, -0.2) is 0 Å². The predicted octanol–water partition coefficient (Wildman–Crippen LogP) is 9.08. The van der Waals surface area contributed by atoms with Crippen molar-refractivity contribution in [1.82, 2.24) is 0 Å². The van der Waals surface area contributed by atoms with Crippen LogP contribution in [0.4, 0.5) is 0 Å². The van der Waals surface area contributed by atoms with Crippen molar-refractivity contribution in [2.75, 3.05) is 0 Å². The third-order valence-corrected chi connectivity index (χ3v) is 6.65. The molecule has 0 saturated heterocycles. The highest BCUT2D eigenvalue weighted by atomic mass is 14.3. The van der Waals surface area contributed by atoms with E-state index in [0.717, 1.165) is 6.42 Å². The maximum absolute atomic E-state index is 2.48. The molecule has 0 aliphatic heterocycles. The summed E-state index contributed by atoms with van der Waals surface area (Å²) in [5.41, 5.74) is 12.3. The maximum Gasteiger partial charge on any atom is -0.00146 e. The Kier molecular flexibility index (Phi) is 6.71. The Morgan fingerprint density at radius 1 is 0.452 bits per heavy atom. The summed E-state index contributed by atoms with van der Waals surface area (Å²) >= 11 is 0. The van der Waals surface area contributed by atoms with Crippen LogP contribution in [0.5, 0.6) is 0 Å². The van der Waals surface area contributed by atoms with E-state index in [4.69, 9.17) is 0 Å². The molecule has 172 valence electrons. The molecule has 31 heavy (non-hydrogen) atoms. The summed E-state index contributed by atoms with van der Waals surface area (Å²) in [5, 5.41) is 0. The first-order valence-corrected chi connectivity index (χ1v) is 12.0. The average Bonchev–Trinajstić information content (AvgIpc) is 2.53. The van der Waals surface area contributed by atoms with E-state index in [-0.39, 0.29) is 21.7 Å². The molecule has 0 nitrogen and oxygen atoms in total. The third kappa shape index (κ3) is 5.82. The molecular formula is C31H48. The van der Waals surface area contributed by atoms with Gasteiger partial charge in [0.15, 0.2) is 0 Å². The van der Waals surface area contributed by atoms with Crippen LogP contribution >= 0.6 is 0 Å². The average molecular weight is 421 g/mol. The lowest BCUT2D eigenvalue weighted by Gasteiger charge is -2.32. The fraction of sp³-hybridized carbons (Fsp3) is 0.613. The second-order valence-electron chi connectivity index (χ2n) is 13.8. The zero-order chi connectivity index (χ0) is 24.2. The van der Waals surface area contributed by atoms with E-state index in [1.165, 1.54) is 44.5 Å². The molecule has 0 bridgehead atoms. The first-order valence-electron chi connectivity index (χ1n) is 12.0. The highest BCUT2D eigenvalue weighted by Gasteiger charge is 2.27. The largest absolute Gasteiger partial charge is 0.0561 e. The Balaban J connectivity index is 2.79. The molecular weight excluding hydrogens is 372 g/mol. The summed E-state index contributed by atoms with van der Waals surface area (Å²) in [7, 11) is 0. The molecule has 0 heterocycles. The minimum Gasteiger partial charge on any atom is -0.0561 e. The van der Waals surface area contributed by atoms with Gasteiger partial charge in [-0.2, -0.15) is 0 Å². The lowest BCUT2D eigenvalue weighted by atomic mass is 9.73. The molecule has 2 aromatic carbocycles. The molecule has 0 aliphatic rings. The van der Waals surface area contributed by atoms with Crippen LogP contribution in [0.25, 0.3) is 0 Å². The summed E-state index contributed by atoms with van der Waals surface area (Å²) < 4.78 is 0. The second-order valence-corrected chi connectivity index (χ2v) is 13.8. The molecule has 0 N–H and O–H groups in total. The molecule has 0 amide bonds. The van der Waals surface area contributed by atoms with Gasteiger partial charge in [0.05, 0.1) is 0 Å². The Morgan fingerprint density at radius 2 is 0.742 bits per heavy atom. The Labute approximate surface area is 193 Å². The molecule has 0 fully saturated rings. The molecule has 0 atom stereocenters. The maximum atomic E-state index is 2.48. The third-order valence-electron chi connectivity index (χ3n) is 6.65. The number of hydrogen-bond acceptors (Lipinski definition) is 0. The lowest BCUT2D eigenvalue weighted by molar-refractivity contribution is 0.558. The molecule has 0 radical (unpaired) electrons. The fourth-order valence-corrected chi connectivity index (χ4v) is 4.48. The van der Waals surface area contributed by atoms with Crippen molar-refractivity contribution >= 4 is 0 Å². The van der Waals surface area contributed by atoms with Crippen molar-refractivity contribution in [3.05, 3.63) is 68.8 Å². The summed E-state index contributed by atoms with van der Waals surface area (Å²) in [6.07, 6.45) is 1.01. The number of rotatable bonds is 2. The minimum absolute atomic E-state index is 0.114. The Morgan fingerprint density at radius 3 is 0.968 bits per heavy atom. The quantitative estimate of drug-likeness (QED) is 0.454. The summed E-state index contributed by atoms with van der Waals surface area (Å²) in [5.74, 6) is 0. The van der Waals surface area contributed by atoms with E-state index in [1.807, 2.05) is 0 Å². The van der Waals surface area contributed by atoms with Crippen LogP contribution in [-0.2, 0) is 28.1 Å². The number of benzene rings is 2. The molecule has 0 heteroatoms. The normalized spacial score (nSPS) is 13.6. The van der Waals surface area contributed by atoms with Crippen LogP contribution in [-0.4, -0.2) is 0 Å². The standard InChI is InChI=1S/C31H48/c1-20-15-22(28(3,4)5)17-26(30(9,10)11)24(20)19-25-21(2)16-23(29(6,7)8)18-27(25)31(12,13)14/h15-18H,19H2,1-14H3. The van der Waals surface area contributed by atoms with E-state index in [1.54, 1.807) is 0 Å². The molecule has 0 aliphatic carbocycles. The van der Waals surface area contributed by atoms with Crippen LogP contribution in [0.3, 0.4) is 0 Å². The molecule has 2 aromatic rings. The van der Waals surface area contributed by atoms with Crippen LogP contribution in [0.2, 0.25) is 0 Å². The zero-order valence-electron chi connectivity index (χ0n) is 23.0. The summed E-state index contributed by atoms with van der Waals surface area (Å²) in [6, 6.07) is 9.83. The highest BCUT2D eigenvalue weighted by Crippen LogP contribution is 2.39. The molecule has 0 unspecified atom stereocenters. The van der Waals surface area contributed by atoms with Gasteiger partial charge >= 0.3 is 0 Å². The zero-order valence-corrected chi connectivity index (χ0v) is 23.0. The molecule has 0 saturated carbocycles. The van der Waals surface area contributed by atoms with Crippen LogP contribution < -0.4 is 0 Å². The van der Waals surface area contributed by atoms with E-state index in [2.05, 4.69) is 121 Å². The molecule has 0 spiro atoms. The van der Waals surface area contributed by atoms with Gasteiger partial charge in [0.1, 0.15) is 0 Å². The van der Waals surface area contributed by atoms with Crippen molar-refractivity contribution in [1.29, 1.82) is 0 Å². The number of hydrogen-bond donors (Lipinski definition) is 0. The summed E-state index contributed by atoms with van der Waals surface area (Å²) in [6.45, 7) is 32.7. The van der Waals surface area contributed by atoms with E-state index in [0.29, 0.717) is 0 Å². The Hall–Kier alpha value is -1.56. The van der Waals surface area contributed by atoms with Crippen molar-refractivity contribution < 1.29 is 0 Å². The predicted molar refractivity (Wildman–Crippen MR) is 140 cm³/mol. The monoisotopic (exact) mass is 420 g/mol. The van der Waals surface area contributed by atoms with Crippen molar-refractivity contribution in [3.8, 4) is 0 Å². The van der Waals surface area contributed by atoms with Gasteiger partial charge < -0.3 is 0 Å². The van der Waals surface area contributed by atoms with E-state index < -0.39 is 0 Å². The van der Waals surface area contributed by atoms with Gasteiger partial charge in [0.2, 0.25) is 0 Å². The fourth-order valence-electron chi connectivity index (χ4n) is 4.48. The van der Waals surface area contributed by atoms with Gasteiger partial charge in [-0.1, -0.05) is 107 Å². The van der Waals surface area contributed by atoms with Gasteiger partial charge in [-0.15, -0.1) is 0 Å². The smallest absolute Gasteiger partial charge is 0.00146 e. The van der Waals surface area contributed by atoms with Crippen molar-refractivity contribution in [2.45, 2.75) is 125 Å². The summed E-state index contributed by atoms with van der Waals surface area (Å²) in [4.78, 5) is 0. The van der Waals surface area contributed by atoms with Crippen LogP contribution in [0.15, 0.2) is 24.3 Å². The van der Waals surface area contributed by atoms with Crippen LogP contribution in [0, 0.1) is 13.8 Å². The van der Waals surface area contributed by atoms with Gasteiger partial charge in [-0.3, -0.25) is 0 Å². The van der Waals surface area contributed by atoms with Crippen LogP contribution in [0.1, 0.15) is 128 Å². The van der Waals surface area contributed by atoms with E-state index >= 15 is 0 Å². The minimum atomic E-state index is 0.114. The second kappa shape index (κ2) is 8.09. The first kappa shape index (κ1) is 25.7. The van der Waals surface area contributed by atoms with Crippen molar-refractivity contribution in [3.63, 3.8) is 0 Å². The van der Waals surface area contributed by atoms with E-state index in [9.17, 15) is 0 Å². The van der Waals surface area contributed by atoms with Gasteiger partial charge in [-0.05, 0) is 86.4 Å². The lowest BCUT2D eigenvalue weighted by Crippen LogP contribution is -2.22. The number of aryl methyl sites for hydroxylation is 2.